The number of H-pyrrole nitrogens is 1. The van der Waals surface area contributed by atoms with Crippen molar-refractivity contribution in [2.24, 2.45) is 0 Å². The minimum atomic E-state index is 0.108. The number of aromatic amines is 1. The van der Waals surface area contributed by atoms with Gasteiger partial charge in [-0.1, -0.05) is 17.7 Å². The number of rotatable bonds is 6. The van der Waals surface area contributed by atoms with Crippen LogP contribution in [0.5, 0.6) is 0 Å². The van der Waals surface area contributed by atoms with Gasteiger partial charge in [0.1, 0.15) is 0 Å². The molecule has 4 nitrogen and oxygen atoms in total. The van der Waals surface area contributed by atoms with E-state index in [0.29, 0.717) is 23.3 Å². The first kappa shape index (κ1) is 18.6. The minimum absolute atomic E-state index is 0.108. The van der Waals surface area contributed by atoms with Crippen LogP contribution in [0.3, 0.4) is 0 Å². The molecular formula is C18H23ClN3OS+. The molecule has 0 aliphatic carbocycles. The highest BCUT2D eigenvalue weighted by atomic mass is 35.5. The Kier molecular flexibility index (Phi) is 6.97. The highest BCUT2D eigenvalue weighted by molar-refractivity contribution is 7.80. The summed E-state index contributed by atoms with van der Waals surface area (Å²) in [7, 11) is 1.69. The van der Waals surface area contributed by atoms with Crippen molar-refractivity contribution in [2.75, 3.05) is 25.6 Å². The fourth-order valence-electron chi connectivity index (χ4n) is 2.42. The fraction of sp³-hybridized carbons (Fsp3) is 0.333. The predicted molar refractivity (Wildman–Crippen MR) is 102 cm³/mol. The highest BCUT2D eigenvalue weighted by Gasteiger charge is 2.20. The van der Waals surface area contributed by atoms with Gasteiger partial charge in [-0.25, -0.2) is 4.98 Å². The average molecular weight is 365 g/mol. The van der Waals surface area contributed by atoms with Crippen LogP contribution in [0.1, 0.15) is 24.1 Å². The second-order valence-electron chi connectivity index (χ2n) is 5.59. The summed E-state index contributed by atoms with van der Waals surface area (Å²) in [6, 6.07) is 9.90. The van der Waals surface area contributed by atoms with Gasteiger partial charge >= 0.3 is 0 Å². The van der Waals surface area contributed by atoms with Gasteiger partial charge in [-0.3, -0.25) is 0 Å². The topological polar surface area (TPSA) is 38.6 Å². The number of halogens is 1. The number of ether oxygens (including phenoxy) is 1. The molecule has 1 atom stereocenters. The molecule has 1 unspecified atom stereocenters. The molecular weight excluding hydrogens is 342 g/mol. The van der Waals surface area contributed by atoms with E-state index in [1.165, 1.54) is 0 Å². The van der Waals surface area contributed by atoms with Gasteiger partial charge in [0.05, 0.1) is 12.6 Å². The van der Waals surface area contributed by atoms with Crippen molar-refractivity contribution in [3.05, 3.63) is 58.9 Å². The third kappa shape index (κ3) is 4.90. The van der Waals surface area contributed by atoms with Crippen molar-refractivity contribution in [1.29, 1.82) is 0 Å². The van der Waals surface area contributed by atoms with Crippen LogP contribution in [-0.2, 0) is 4.74 Å². The Bertz CT molecular complexity index is 681. The molecule has 24 heavy (non-hydrogen) atoms. The van der Waals surface area contributed by atoms with Gasteiger partial charge in [0.2, 0.25) is 0 Å². The zero-order valence-electron chi connectivity index (χ0n) is 14.2. The van der Waals surface area contributed by atoms with Crippen LogP contribution in [0.2, 0.25) is 5.02 Å². The lowest BCUT2D eigenvalue weighted by Crippen LogP contribution is -2.39. The average Bonchev–Trinajstić information content (AvgIpc) is 2.59. The highest BCUT2D eigenvalue weighted by Crippen LogP contribution is 2.23. The molecule has 2 N–H and O–H groups in total. The number of nitrogens with one attached hydrogen (secondary N) is 2. The van der Waals surface area contributed by atoms with Crippen LogP contribution in [-0.4, -0.2) is 30.3 Å². The van der Waals surface area contributed by atoms with Crippen LogP contribution in [0.15, 0.2) is 42.7 Å². The molecule has 0 spiro atoms. The number of hydrogen-bond acceptors (Lipinski definition) is 2. The molecule has 0 saturated carbocycles. The monoisotopic (exact) mass is 364 g/mol. The lowest BCUT2D eigenvalue weighted by atomic mass is 10.1. The van der Waals surface area contributed by atoms with Crippen LogP contribution in [0, 0.1) is 6.92 Å². The summed E-state index contributed by atoms with van der Waals surface area (Å²) in [6.45, 7) is 5.43. The molecule has 6 heteroatoms. The zero-order valence-corrected chi connectivity index (χ0v) is 15.7. The van der Waals surface area contributed by atoms with Gasteiger partial charge in [-0.15, -0.1) is 0 Å². The Balaban J connectivity index is 2.20. The normalized spacial score (nSPS) is 11.8. The van der Waals surface area contributed by atoms with Crippen LogP contribution >= 0.6 is 23.8 Å². The Morgan fingerprint density at radius 2 is 2.21 bits per heavy atom. The van der Waals surface area contributed by atoms with Gasteiger partial charge in [0.15, 0.2) is 17.5 Å². The molecule has 0 amide bonds. The number of benzene rings is 1. The van der Waals surface area contributed by atoms with Crippen LogP contribution in [0.25, 0.3) is 0 Å². The fourth-order valence-corrected chi connectivity index (χ4v) is 2.96. The van der Waals surface area contributed by atoms with E-state index in [1.807, 2.05) is 43.6 Å². The Hall–Kier alpha value is -1.69. The number of pyridine rings is 1. The molecule has 1 aromatic heterocycles. The number of aryl methyl sites for hydroxylation is 1. The molecule has 0 bridgehead atoms. The molecule has 0 aliphatic rings. The number of thiocarbonyl (C=S) groups is 1. The second kappa shape index (κ2) is 8.97. The standard InChI is InChI=1S/C18H22ClN3OS/c1-13-6-7-16(19)11-17(13)21-18(24)22(9-10-23-3)14(2)15-5-4-8-20-12-15/h4-8,11-12,14H,9-10H2,1-3H3,(H,21,24)/p+1. The molecule has 1 heterocycles. The van der Waals surface area contributed by atoms with Gasteiger partial charge in [0.25, 0.3) is 0 Å². The van der Waals surface area contributed by atoms with Crippen molar-refractivity contribution in [2.45, 2.75) is 19.9 Å². The lowest BCUT2D eigenvalue weighted by molar-refractivity contribution is -0.379. The lowest BCUT2D eigenvalue weighted by Gasteiger charge is -2.31. The summed E-state index contributed by atoms with van der Waals surface area (Å²) in [5, 5.41) is 4.65. The second-order valence-corrected chi connectivity index (χ2v) is 6.41. The molecule has 0 saturated heterocycles. The van der Waals surface area contributed by atoms with Crippen molar-refractivity contribution in [3.63, 3.8) is 0 Å². The van der Waals surface area contributed by atoms with E-state index in [0.717, 1.165) is 16.8 Å². The summed E-state index contributed by atoms with van der Waals surface area (Å²) < 4.78 is 5.24. The third-order valence-corrected chi connectivity index (χ3v) is 4.49. The molecule has 1 aromatic carbocycles. The Labute approximate surface area is 153 Å². The molecule has 128 valence electrons. The van der Waals surface area contributed by atoms with E-state index in [2.05, 4.69) is 28.2 Å². The van der Waals surface area contributed by atoms with Gasteiger partial charge in [0, 0.05) is 36.0 Å². The predicted octanol–water partition coefficient (Wildman–Crippen LogP) is 3.87. The van der Waals surface area contributed by atoms with E-state index < -0.39 is 0 Å². The summed E-state index contributed by atoms with van der Waals surface area (Å²) in [5.74, 6) is 0. The van der Waals surface area contributed by atoms with Crippen molar-refractivity contribution >= 4 is 34.6 Å². The number of aromatic nitrogens is 1. The largest absolute Gasteiger partial charge is 0.383 e. The summed E-state index contributed by atoms with van der Waals surface area (Å²) in [5.41, 5.74) is 3.16. The van der Waals surface area contributed by atoms with E-state index >= 15 is 0 Å². The zero-order chi connectivity index (χ0) is 17.5. The number of hydrogen-bond donors (Lipinski definition) is 1. The molecule has 0 fully saturated rings. The molecule has 2 aromatic rings. The maximum absolute atomic E-state index is 6.10. The first-order valence-corrected chi connectivity index (χ1v) is 8.60. The number of methoxy groups -OCH3 is 1. The number of anilines is 1. The van der Waals surface area contributed by atoms with Gasteiger partial charge in [-0.05, 0) is 49.8 Å². The van der Waals surface area contributed by atoms with Gasteiger partial charge in [-0.2, -0.15) is 0 Å². The van der Waals surface area contributed by atoms with Gasteiger partial charge < -0.3 is 15.0 Å². The smallest absolute Gasteiger partial charge is 0.174 e. The first-order chi connectivity index (χ1) is 11.5. The van der Waals surface area contributed by atoms with Crippen LogP contribution in [0.4, 0.5) is 5.69 Å². The van der Waals surface area contributed by atoms with Crippen molar-refractivity contribution < 1.29 is 9.72 Å². The van der Waals surface area contributed by atoms with E-state index in [1.54, 1.807) is 7.11 Å². The quantitative estimate of drug-likeness (QED) is 0.790. The third-order valence-electron chi connectivity index (χ3n) is 3.92. The maximum atomic E-state index is 6.10. The summed E-state index contributed by atoms with van der Waals surface area (Å²) in [6.07, 6.45) is 3.87. The number of nitrogens with zero attached hydrogens (tertiary/aromatic N) is 1. The van der Waals surface area contributed by atoms with Crippen LogP contribution < -0.4 is 10.3 Å². The maximum Gasteiger partial charge on any atom is 0.174 e. The SMILES string of the molecule is COCCN(C(=S)Nc1cc(Cl)ccc1C)C(C)c1ccc[nH+]c1. The van der Waals surface area contributed by atoms with E-state index in [4.69, 9.17) is 28.6 Å². The van der Waals surface area contributed by atoms with Crippen molar-refractivity contribution in [1.82, 2.24) is 4.90 Å². The Morgan fingerprint density at radius 3 is 2.88 bits per heavy atom. The first-order valence-electron chi connectivity index (χ1n) is 7.81. The summed E-state index contributed by atoms with van der Waals surface area (Å²) in [4.78, 5) is 5.23. The van der Waals surface area contributed by atoms with Crippen molar-refractivity contribution in [3.8, 4) is 0 Å². The Morgan fingerprint density at radius 1 is 1.42 bits per heavy atom. The minimum Gasteiger partial charge on any atom is -0.383 e. The molecule has 2 rings (SSSR count). The molecule has 0 aliphatic heterocycles. The molecule has 0 radical (unpaired) electrons. The van der Waals surface area contributed by atoms with E-state index in [9.17, 15) is 0 Å². The van der Waals surface area contributed by atoms with E-state index in [-0.39, 0.29) is 6.04 Å². The summed E-state index contributed by atoms with van der Waals surface area (Å²) >= 11 is 11.8.